The average molecular weight is 145 g/mol. The number of rotatable bonds is 2. The highest BCUT2D eigenvalue weighted by atomic mass is 19.1. The molecule has 60 valence electrons. The van der Waals surface area contributed by atoms with Crippen LogP contribution in [0.4, 0.5) is 4.39 Å². The second kappa shape index (κ2) is 2.87. The lowest BCUT2D eigenvalue weighted by atomic mass is 9.79. The van der Waals surface area contributed by atoms with Crippen LogP contribution in [0, 0.1) is 5.92 Å². The minimum atomic E-state index is -0.609. The lowest BCUT2D eigenvalue weighted by Gasteiger charge is -2.39. The van der Waals surface area contributed by atoms with E-state index in [4.69, 9.17) is 0 Å². The summed E-state index contributed by atoms with van der Waals surface area (Å²) in [5.74, 6) is 0.274. The molecule has 1 aliphatic rings. The van der Waals surface area contributed by atoms with E-state index in [1.165, 1.54) is 0 Å². The molecule has 0 aliphatic heterocycles. The van der Waals surface area contributed by atoms with Crippen molar-refractivity contribution in [2.75, 3.05) is 0 Å². The number of nitrogens with one attached hydrogen (secondary N) is 1. The average Bonchev–Trinajstić information content (AvgIpc) is 1.86. The SMILES string of the molecule is CC(C)N[C@@H]1C[C@@H](C)[C@H]1F. The number of hydrogen-bond donors (Lipinski definition) is 1. The Labute approximate surface area is 62.0 Å². The molecule has 1 N–H and O–H groups in total. The minimum absolute atomic E-state index is 0.134. The van der Waals surface area contributed by atoms with E-state index in [0.717, 1.165) is 6.42 Å². The van der Waals surface area contributed by atoms with Gasteiger partial charge in [-0.2, -0.15) is 0 Å². The maximum atomic E-state index is 12.9. The minimum Gasteiger partial charge on any atom is -0.309 e. The maximum absolute atomic E-state index is 12.9. The number of halogens is 1. The van der Waals surface area contributed by atoms with Crippen molar-refractivity contribution in [3.05, 3.63) is 0 Å². The van der Waals surface area contributed by atoms with Crippen LogP contribution in [0.5, 0.6) is 0 Å². The third-order valence-electron chi connectivity index (χ3n) is 2.10. The summed E-state index contributed by atoms with van der Waals surface area (Å²) in [7, 11) is 0. The summed E-state index contributed by atoms with van der Waals surface area (Å²) < 4.78 is 12.9. The summed E-state index contributed by atoms with van der Waals surface area (Å²) in [5, 5.41) is 3.18. The molecular formula is C8H16FN. The highest BCUT2D eigenvalue weighted by Crippen LogP contribution is 2.30. The van der Waals surface area contributed by atoms with Gasteiger partial charge >= 0.3 is 0 Å². The third kappa shape index (κ3) is 1.48. The monoisotopic (exact) mass is 145 g/mol. The molecule has 0 radical (unpaired) electrons. The fourth-order valence-electron chi connectivity index (χ4n) is 1.45. The van der Waals surface area contributed by atoms with Crippen molar-refractivity contribution < 1.29 is 4.39 Å². The lowest BCUT2D eigenvalue weighted by Crippen LogP contribution is -2.53. The summed E-state index contributed by atoms with van der Waals surface area (Å²) in [6.07, 6.45) is 0.390. The van der Waals surface area contributed by atoms with Crippen LogP contribution in [0.1, 0.15) is 27.2 Å². The molecular weight excluding hydrogens is 129 g/mol. The molecule has 0 aromatic carbocycles. The smallest absolute Gasteiger partial charge is 0.118 e. The predicted molar refractivity (Wildman–Crippen MR) is 40.7 cm³/mol. The Bertz CT molecular complexity index is 114. The van der Waals surface area contributed by atoms with Gasteiger partial charge in [0.05, 0.1) is 0 Å². The van der Waals surface area contributed by atoms with Crippen LogP contribution >= 0.6 is 0 Å². The first-order chi connectivity index (χ1) is 4.61. The third-order valence-corrected chi connectivity index (χ3v) is 2.10. The molecule has 0 aromatic heterocycles. The first-order valence-electron chi connectivity index (χ1n) is 4.01. The molecule has 2 heteroatoms. The molecule has 0 aromatic rings. The Balaban J connectivity index is 2.20. The molecule has 1 saturated carbocycles. The molecule has 0 saturated heterocycles. The van der Waals surface area contributed by atoms with E-state index in [-0.39, 0.29) is 12.0 Å². The molecule has 1 nitrogen and oxygen atoms in total. The van der Waals surface area contributed by atoms with Crippen molar-refractivity contribution in [1.29, 1.82) is 0 Å². The summed E-state index contributed by atoms with van der Waals surface area (Å²) in [6, 6.07) is 0.547. The van der Waals surface area contributed by atoms with Crippen LogP contribution in [0.3, 0.4) is 0 Å². The Morgan fingerprint density at radius 3 is 2.40 bits per heavy atom. The van der Waals surface area contributed by atoms with Crippen molar-refractivity contribution in [3.8, 4) is 0 Å². The highest BCUT2D eigenvalue weighted by molar-refractivity contribution is 4.93. The van der Waals surface area contributed by atoms with Crippen molar-refractivity contribution in [2.45, 2.75) is 45.4 Å². The van der Waals surface area contributed by atoms with Crippen molar-refractivity contribution in [1.82, 2.24) is 5.32 Å². The van der Waals surface area contributed by atoms with Crippen LogP contribution in [0.25, 0.3) is 0 Å². The summed E-state index contributed by atoms with van der Waals surface area (Å²) >= 11 is 0. The second-order valence-corrected chi connectivity index (χ2v) is 3.59. The van der Waals surface area contributed by atoms with Crippen LogP contribution in [-0.2, 0) is 0 Å². The fourth-order valence-corrected chi connectivity index (χ4v) is 1.45. The molecule has 10 heavy (non-hydrogen) atoms. The van der Waals surface area contributed by atoms with Crippen LogP contribution in [0.15, 0.2) is 0 Å². The topological polar surface area (TPSA) is 12.0 Å². The van der Waals surface area contributed by atoms with Gasteiger partial charge in [-0.3, -0.25) is 0 Å². The van der Waals surface area contributed by atoms with Gasteiger partial charge < -0.3 is 5.32 Å². The van der Waals surface area contributed by atoms with E-state index in [0.29, 0.717) is 6.04 Å². The summed E-state index contributed by atoms with van der Waals surface area (Å²) in [6.45, 7) is 6.06. The molecule has 3 atom stereocenters. The van der Waals surface area contributed by atoms with Gasteiger partial charge in [0.15, 0.2) is 0 Å². The van der Waals surface area contributed by atoms with E-state index in [9.17, 15) is 4.39 Å². The van der Waals surface area contributed by atoms with E-state index in [1.54, 1.807) is 0 Å². The van der Waals surface area contributed by atoms with Crippen molar-refractivity contribution in [2.24, 2.45) is 5.92 Å². The van der Waals surface area contributed by atoms with Gasteiger partial charge in [0, 0.05) is 12.1 Å². The van der Waals surface area contributed by atoms with E-state index < -0.39 is 6.17 Å². The molecule has 1 aliphatic carbocycles. The normalized spacial score (nSPS) is 39.9. The molecule has 0 bridgehead atoms. The van der Waals surface area contributed by atoms with Gasteiger partial charge in [-0.25, -0.2) is 4.39 Å². The van der Waals surface area contributed by atoms with Gasteiger partial charge in [0.2, 0.25) is 0 Å². The van der Waals surface area contributed by atoms with Crippen molar-refractivity contribution >= 4 is 0 Å². The van der Waals surface area contributed by atoms with Gasteiger partial charge in [-0.15, -0.1) is 0 Å². The van der Waals surface area contributed by atoms with Crippen molar-refractivity contribution in [3.63, 3.8) is 0 Å². The maximum Gasteiger partial charge on any atom is 0.118 e. The van der Waals surface area contributed by atoms with Crippen LogP contribution < -0.4 is 5.32 Å². The Kier molecular flexibility index (Phi) is 2.29. The zero-order chi connectivity index (χ0) is 7.72. The van der Waals surface area contributed by atoms with Gasteiger partial charge in [0.25, 0.3) is 0 Å². The number of alkyl halides is 1. The zero-order valence-corrected chi connectivity index (χ0v) is 6.89. The Morgan fingerprint density at radius 1 is 1.50 bits per heavy atom. The van der Waals surface area contributed by atoms with Gasteiger partial charge in [-0.1, -0.05) is 20.8 Å². The zero-order valence-electron chi connectivity index (χ0n) is 6.89. The van der Waals surface area contributed by atoms with Crippen LogP contribution in [-0.4, -0.2) is 18.3 Å². The highest BCUT2D eigenvalue weighted by Gasteiger charge is 2.37. The molecule has 0 spiro atoms. The summed E-state index contributed by atoms with van der Waals surface area (Å²) in [4.78, 5) is 0. The molecule has 0 heterocycles. The first-order valence-corrected chi connectivity index (χ1v) is 4.01. The number of hydrogen-bond acceptors (Lipinski definition) is 1. The van der Waals surface area contributed by atoms with E-state index >= 15 is 0 Å². The van der Waals surface area contributed by atoms with Gasteiger partial charge in [-0.05, 0) is 12.3 Å². The van der Waals surface area contributed by atoms with Gasteiger partial charge in [0.1, 0.15) is 6.17 Å². The lowest BCUT2D eigenvalue weighted by molar-refractivity contribution is 0.0663. The van der Waals surface area contributed by atoms with E-state index in [2.05, 4.69) is 19.2 Å². The molecule has 0 unspecified atom stereocenters. The quantitative estimate of drug-likeness (QED) is 0.624. The fraction of sp³-hybridized carbons (Fsp3) is 1.00. The largest absolute Gasteiger partial charge is 0.309 e. The Morgan fingerprint density at radius 2 is 2.10 bits per heavy atom. The molecule has 1 fully saturated rings. The molecule has 0 amide bonds. The predicted octanol–water partition coefficient (Wildman–Crippen LogP) is 1.73. The first kappa shape index (κ1) is 7.99. The van der Waals surface area contributed by atoms with Crippen LogP contribution in [0.2, 0.25) is 0 Å². The van der Waals surface area contributed by atoms with E-state index in [1.807, 2.05) is 6.92 Å². The Hall–Kier alpha value is -0.110. The second-order valence-electron chi connectivity index (χ2n) is 3.59. The summed E-state index contributed by atoms with van der Waals surface area (Å²) in [5.41, 5.74) is 0. The standard InChI is InChI=1S/C8H16FN/c1-5(2)10-7-4-6(3)8(7)9/h5-8,10H,4H2,1-3H3/t6-,7-,8-/m1/s1. The molecule has 1 rings (SSSR count).